The molecule has 0 aromatic carbocycles. The predicted octanol–water partition coefficient (Wildman–Crippen LogP) is 1.58. The number of aryl methyl sites for hydroxylation is 2. The lowest BCUT2D eigenvalue weighted by molar-refractivity contribution is 0.537. The van der Waals surface area contributed by atoms with Crippen LogP contribution in [0.5, 0.6) is 0 Å². The van der Waals surface area contributed by atoms with Gasteiger partial charge in [0, 0.05) is 12.7 Å². The average molecular weight is 181 g/mol. The lowest BCUT2D eigenvalue weighted by atomic mass is 10.2. The molecule has 0 saturated carbocycles. The molecule has 0 aliphatic rings. The van der Waals surface area contributed by atoms with Gasteiger partial charge in [0.1, 0.15) is 0 Å². The zero-order valence-electron chi connectivity index (χ0n) is 8.58. The molecule has 1 rings (SSSR count). The molecule has 1 N–H and O–H groups in total. The third-order valence-corrected chi connectivity index (χ3v) is 2.08. The quantitative estimate of drug-likeness (QED) is 0.675. The second-order valence-electron chi connectivity index (χ2n) is 3.44. The monoisotopic (exact) mass is 181 g/mol. The Bertz CT molecular complexity index is 230. The van der Waals surface area contributed by atoms with Crippen molar-refractivity contribution in [3.05, 3.63) is 18.0 Å². The lowest BCUT2D eigenvalue weighted by Crippen LogP contribution is -2.07. The van der Waals surface area contributed by atoms with Crippen molar-refractivity contribution in [2.75, 3.05) is 13.6 Å². The van der Waals surface area contributed by atoms with Gasteiger partial charge in [-0.2, -0.15) is 5.10 Å². The maximum atomic E-state index is 4.23. The normalized spacial score (nSPS) is 10.6. The van der Waals surface area contributed by atoms with E-state index in [1.807, 2.05) is 17.9 Å². The summed E-state index contributed by atoms with van der Waals surface area (Å²) in [5.41, 5.74) is 1.25. The van der Waals surface area contributed by atoms with E-state index in [0.717, 1.165) is 13.1 Å². The summed E-state index contributed by atoms with van der Waals surface area (Å²) in [5, 5.41) is 7.38. The van der Waals surface area contributed by atoms with Gasteiger partial charge in [0.15, 0.2) is 0 Å². The van der Waals surface area contributed by atoms with Gasteiger partial charge in [0.05, 0.1) is 6.20 Å². The minimum atomic E-state index is 1.05. The Kier molecular flexibility index (Phi) is 4.54. The molecule has 0 spiro atoms. The maximum absolute atomic E-state index is 4.23. The zero-order valence-corrected chi connectivity index (χ0v) is 8.58. The molecular formula is C10H19N3. The summed E-state index contributed by atoms with van der Waals surface area (Å²) >= 11 is 0. The summed E-state index contributed by atoms with van der Waals surface area (Å²) in [5.74, 6) is 0. The minimum absolute atomic E-state index is 1.05. The van der Waals surface area contributed by atoms with Crippen molar-refractivity contribution in [2.24, 2.45) is 0 Å². The Morgan fingerprint density at radius 1 is 1.38 bits per heavy atom. The minimum Gasteiger partial charge on any atom is -0.320 e. The summed E-state index contributed by atoms with van der Waals surface area (Å²) in [6.07, 6.45) is 7.77. The Hall–Kier alpha value is -0.830. The van der Waals surface area contributed by atoms with E-state index in [9.17, 15) is 0 Å². The van der Waals surface area contributed by atoms with Crippen molar-refractivity contribution in [1.82, 2.24) is 15.1 Å². The SMILES string of the molecule is CNCCCCCn1cc(C)cn1. The van der Waals surface area contributed by atoms with Crippen LogP contribution in [0, 0.1) is 6.92 Å². The maximum Gasteiger partial charge on any atom is 0.0518 e. The first-order valence-electron chi connectivity index (χ1n) is 4.96. The Morgan fingerprint density at radius 2 is 2.23 bits per heavy atom. The highest BCUT2D eigenvalue weighted by Crippen LogP contribution is 1.99. The topological polar surface area (TPSA) is 29.9 Å². The van der Waals surface area contributed by atoms with Gasteiger partial charge in [-0.15, -0.1) is 0 Å². The van der Waals surface area contributed by atoms with E-state index in [1.165, 1.54) is 24.8 Å². The van der Waals surface area contributed by atoms with Crippen LogP contribution in [-0.2, 0) is 6.54 Å². The van der Waals surface area contributed by atoms with Crippen molar-refractivity contribution in [2.45, 2.75) is 32.7 Å². The van der Waals surface area contributed by atoms with Crippen LogP contribution in [0.15, 0.2) is 12.4 Å². The smallest absolute Gasteiger partial charge is 0.0518 e. The summed E-state index contributed by atoms with van der Waals surface area (Å²) in [7, 11) is 2.00. The molecule has 3 nitrogen and oxygen atoms in total. The molecule has 0 atom stereocenters. The molecular weight excluding hydrogens is 162 g/mol. The third-order valence-electron chi connectivity index (χ3n) is 2.08. The number of hydrogen-bond donors (Lipinski definition) is 1. The molecule has 3 heteroatoms. The van der Waals surface area contributed by atoms with Crippen LogP contribution in [0.2, 0.25) is 0 Å². The predicted molar refractivity (Wildman–Crippen MR) is 54.7 cm³/mol. The molecule has 0 aliphatic heterocycles. The molecule has 0 amide bonds. The Labute approximate surface area is 80.1 Å². The van der Waals surface area contributed by atoms with Crippen molar-refractivity contribution in [3.63, 3.8) is 0 Å². The van der Waals surface area contributed by atoms with Crippen LogP contribution in [0.3, 0.4) is 0 Å². The van der Waals surface area contributed by atoms with Crippen LogP contribution in [0.4, 0.5) is 0 Å². The summed E-state index contributed by atoms with van der Waals surface area (Å²) in [6, 6.07) is 0. The van der Waals surface area contributed by atoms with Crippen LogP contribution >= 0.6 is 0 Å². The highest BCUT2D eigenvalue weighted by Gasteiger charge is 1.93. The molecule has 0 radical (unpaired) electrons. The lowest BCUT2D eigenvalue weighted by Gasteiger charge is -2.01. The average Bonchev–Trinajstić information content (AvgIpc) is 2.51. The van der Waals surface area contributed by atoms with E-state index in [4.69, 9.17) is 0 Å². The molecule has 1 aromatic heterocycles. The summed E-state index contributed by atoms with van der Waals surface area (Å²) in [4.78, 5) is 0. The van der Waals surface area contributed by atoms with Gasteiger partial charge in [0.2, 0.25) is 0 Å². The Morgan fingerprint density at radius 3 is 2.85 bits per heavy atom. The molecule has 0 unspecified atom stereocenters. The van der Waals surface area contributed by atoms with Gasteiger partial charge in [0.25, 0.3) is 0 Å². The summed E-state index contributed by atoms with van der Waals surface area (Å²) in [6.45, 7) is 4.25. The number of rotatable bonds is 6. The van der Waals surface area contributed by atoms with Crippen LogP contribution in [-0.4, -0.2) is 23.4 Å². The van der Waals surface area contributed by atoms with Gasteiger partial charge in [-0.3, -0.25) is 4.68 Å². The van der Waals surface area contributed by atoms with E-state index in [2.05, 4.69) is 23.5 Å². The van der Waals surface area contributed by atoms with Crippen molar-refractivity contribution in [1.29, 1.82) is 0 Å². The van der Waals surface area contributed by atoms with Crippen LogP contribution in [0.25, 0.3) is 0 Å². The van der Waals surface area contributed by atoms with Crippen molar-refractivity contribution < 1.29 is 0 Å². The van der Waals surface area contributed by atoms with Gasteiger partial charge in [-0.1, -0.05) is 6.42 Å². The zero-order chi connectivity index (χ0) is 9.52. The first kappa shape index (κ1) is 10.3. The van der Waals surface area contributed by atoms with Gasteiger partial charge >= 0.3 is 0 Å². The number of unbranched alkanes of at least 4 members (excludes halogenated alkanes) is 2. The van der Waals surface area contributed by atoms with E-state index in [1.54, 1.807) is 0 Å². The molecule has 74 valence electrons. The summed E-state index contributed by atoms with van der Waals surface area (Å²) < 4.78 is 2.02. The largest absolute Gasteiger partial charge is 0.320 e. The van der Waals surface area contributed by atoms with Crippen molar-refractivity contribution in [3.8, 4) is 0 Å². The standard InChI is InChI=1S/C10H19N3/c1-10-8-12-13(9-10)7-5-3-4-6-11-2/h8-9,11H,3-7H2,1-2H3. The number of nitrogens with zero attached hydrogens (tertiary/aromatic N) is 2. The second-order valence-corrected chi connectivity index (χ2v) is 3.44. The molecule has 0 saturated heterocycles. The van der Waals surface area contributed by atoms with E-state index < -0.39 is 0 Å². The van der Waals surface area contributed by atoms with Crippen LogP contribution < -0.4 is 5.32 Å². The molecule has 1 aromatic rings. The van der Waals surface area contributed by atoms with E-state index >= 15 is 0 Å². The fourth-order valence-electron chi connectivity index (χ4n) is 1.34. The first-order valence-corrected chi connectivity index (χ1v) is 4.96. The third kappa shape index (κ3) is 4.08. The van der Waals surface area contributed by atoms with Gasteiger partial charge in [-0.25, -0.2) is 0 Å². The molecule has 0 bridgehead atoms. The number of hydrogen-bond acceptors (Lipinski definition) is 2. The molecule has 1 heterocycles. The molecule has 0 aliphatic carbocycles. The molecule has 0 fully saturated rings. The van der Waals surface area contributed by atoms with Gasteiger partial charge < -0.3 is 5.32 Å². The van der Waals surface area contributed by atoms with E-state index in [-0.39, 0.29) is 0 Å². The molecule has 13 heavy (non-hydrogen) atoms. The van der Waals surface area contributed by atoms with Gasteiger partial charge in [-0.05, 0) is 38.9 Å². The van der Waals surface area contributed by atoms with Crippen molar-refractivity contribution >= 4 is 0 Å². The fraction of sp³-hybridized carbons (Fsp3) is 0.700. The Balaban J connectivity index is 2.06. The fourth-order valence-corrected chi connectivity index (χ4v) is 1.34. The van der Waals surface area contributed by atoms with Crippen LogP contribution in [0.1, 0.15) is 24.8 Å². The van der Waals surface area contributed by atoms with E-state index in [0.29, 0.717) is 0 Å². The highest BCUT2D eigenvalue weighted by molar-refractivity contribution is 4.99. The number of nitrogens with one attached hydrogen (secondary N) is 1. The highest BCUT2D eigenvalue weighted by atomic mass is 15.3. The number of aromatic nitrogens is 2. The first-order chi connectivity index (χ1) is 6.33. The second kappa shape index (κ2) is 5.75.